The quantitative estimate of drug-likeness (QED) is 0.125. The fourth-order valence-corrected chi connectivity index (χ4v) is 8.57. The number of nitrogens with one attached hydrogen (secondary N) is 3. The Morgan fingerprint density at radius 3 is 2.03 bits per heavy atom. The van der Waals surface area contributed by atoms with Gasteiger partial charge >= 0.3 is 12.1 Å². The van der Waals surface area contributed by atoms with Crippen LogP contribution in [-0.2, 0) is 49.3 Å². The first-order valence-electron chi connectivity index (χ1n) is 22.5. The minimum absolute atomic E-state index is 0.0334. The monoisotopic (exact) mass is 889 g/mol. The Bertz CT molecular complexity index is 1620. The van der Waals surface area contributed by atoms with Gasteiger partial charge in [-0.15, -0.1) is 0 Å². The van der Waals surface area contributed by atoms with Gasteiger partial charge in [0.05, 0.1) is 49.8 Å². The summed E-state index contributed by atoms with van der Waals surface area (Å²) >= 11 is 0. The number of amides is 5. The lowest BCUT2D eigenvalue weighted by atomic mass is 9.89. The van der Waals surface area contributed by atoms with Crippen LogP contribution >= 0.6 is 0 Å². The lowest BCUT2D eigenvalue weighted by Gasteiger charge is -2.41. The standard InChI is InChI=1S/C47H80N6O10/c1-16-31(6)40(52(12)44(57)38(29(2)3)50-43(56)39(30(4)5)51(11)26-24-48-46(59)63-47(8,9)10)36(60-13)28-37(54)53-25-20-23-35(53)41(61-14)32(7)42(55)49-34(45(58)62-15)27-33-21-18-17-19-22-33/h17-19,21-22,29-32,34-36,38-41H,16,20,23-28H2,1-15H3,(H,48,59)(H,49,55)(H,50,56)/t31-,32+,34-,35-,36+,38-,39-,40-,41+/m0/s1. The molecule has 3 N–H and O–H groups in total. The van der Waals surface area contributed by atoms with Crippen LogP contribution in [0.15, 0.2) is 30.3 Å². The summed E-state index contributed by atoms with van der Waals surface area (Å²) < 4.78 is 22.4. The van der Waals surface area contributed by atoms with Crippen LogP contribution in [0, 0.1) is 23.7 Å². The summed E-state index contributed by atoms with van der Waals surface area (Å²) in [5.74, 6) is -2.96. The van der Waals surface area contributed by atoms with Gasteiger partial charge < -0.3 is 44.7 Å². The molecule has 0 aromatic heterocycles. The molecule has 1 aliphatic rings. The van der Waals surface area contributed by atoms with Crippen molar-refractivity contribution in [3.8, 4) is 0 Å². The molecular formula is C47H80N6O10. The van der Waals surface area contributed by atoms with Gasteiger partial charge in [-0.2, -0.15) is 0 Å². The molecule has 0 aliphatic carbocycles. The number of hydrogen-bond donors (Lipinski definition) is 3. The molecule has 1 fully saturated rings. The number of carbonyl (C=O) groups excluding carboxylic acids is 6. The van der Waals surface area contributed by atoms with Crippen molar-refractivity contribution in [3.05, 3.63) is 35.9 Å². The number of rotatable bonds is 24. The Morgan fingerprint density at radius 2 is 1.51 bits per heavy atom. The summed E-state index contributed by atoms with van der Waals surface area (Å²) in [6.07, 6.45) is 0.313. The number of esters is 1. The molecule has 1 aromatic rings. The van der Waals surface area contributed by atoms with Crippen LogP contribution in [0.2, 0.25) is 0 Å². The first-order chi connectivity index (χ1) is 29.5. The van der Waals surface area contributed by atoms with Crippen molar-refractivity contribution in [2.75, 3.05) is 55.1 Å². The Labute approximate surface area is 377 Å². The number of methoxy groups -OCH3 is 3. The first kappa shape index (κ1) is 54.9. The predicted octanol–water partition coefficient (Wildman–Crippen LogP) is 4.43. The average Bonchev–Trinajstić information content (AvgIpc) is 3.71. The van der Waals surface area contributed by atoms with E-state index in [1.54, 1.807) is 51.6 Å². The van der Waals surface area contributed by atoms with E-state index in [9.17, 15) is 28.8 Å². The van der Waals surface area contributed by atoms with E-state index < -0.39 is 71.9 Å². The molecule has 5 amide bonds. The topological polar surface area (TPSA) is 185 Å². The lowest BCUT2D eigenvalue weighted by Crippen LogP contribution is -2.60. The van der Waals surface area contributed by atoms with Gasteiger partial charge in [-0.05, 0) is 64.0 Å². The zero-order valence-corrected chi connectivity index (χ0v) is 40.8. The van der Waals surface area contributed by atoms with Gasteiger partial charge in [0.15, 0.2) is 0 Å². The van der Waals surface area contributed by atoms with E-state index in [4.69, 9.17) is 18.9 Å². The smallest absolute Gasteiger partial charge is 0.407 e. The van der Waals surface area contributed by atoms with Crippen molar-refractivity contribution < 1.29 is 47.7 Å². The molecule has 1 saturated heterocycles. The molecule has 1 heterocycles. The molecule has 0 bridgehead atoms. The van der Waals surface area contributed by atoms with Crippen LogP contribution in [0.3, 0.4) is 0 Å². The van der Waals surface area contributed by atoms with Crippen LogP contribution in [-0.4, -0.2) is 153 Å². The van der Waals surface area contributed by atoms with E-state index in [0.29, 0.717) is 32.4 Å². The number of ether oxygens (including phenoxy) is 4. The molecule has 2 rings (SSSR count). The Hall–Kier alpha value is -4.28. The number of benzene rings is 1. The zero-order chi connectivity index (χ0) is 47.8. The van der Waals surface area contributed by atoms with Gasteiger partial charge in [0.1, 0.15) is 17.7 Å². The molecular weight excluding hydrogens is 809 g/mol. The summed E-state index contributed by atoms with van der Waals surface area (Å²) in [5, 5.41) is 8.65. The maximum atomic E-state index is 14.5. The molecule has 63 heavy (non-hydrogen) atoms. The van der Waals surface area contributed by atoms with Crippen molar-refractivity contribution in [3.63, 3.8) is 0 Å². The molecule has 16 heteroatoms. The minimum Gasteiger partial charge on any atom is -0.467 e. The van der Waals surface area contributed by atoms with Gasteiger partial charge in [0, 0.05) is 47.3 Å². The Morgan fingerprint density at radius 1 is 0.873 bits per heavy atom. The lowest BCUT2D eigenvalue weighted by molar-refractivity contribution is -0.149. The second-order valence-corrected chi connectivity index (χ2v) is 18.7. The number of nitrogens with zero attached hydrogens (tertiary/aromatic N) is 3. The van der Waals surface area contributed by atoms with E-state index in [0.717, 1.165) is 5.56 Å². The highest BCUT2D eigenvalue weighted by atomic mass is 16.6. The maximum absolute atomic E-state index is 14.5. The summed E-state index contributed by atoms with van der Waals surface area (Å²) in [4.78, 5) is 86.8. The van der Waals surface area contributed by atoms with E-state index in [2.05, 4.69) is 16.0 Å². The highest BCUT2D eigenvalue weighted by Crippen LogP contribution is 2.30. The average molecular weight is 889 g/mol. The van der Waals surface area contributed by atoms with Gasteiger partial charge in [0.2, 0.25) is 23.6 Å². The van der Waals surface area contributed by atoms with Crippen LogP contribution < -0.4 is 16.0 Å². The summed E-state index contributed by atoms with van der Waals surface area (Å²) in [5.41, 5.74) is 0.227. The van der Waals surface area contributed by atoms with Gasteiger partial charge in [-0.1, -0.05) is 85.2 Å². The van der Waals surface area contributed by atoms with Crippen LogP contribution in [0.25, 0.3) is 0 Å². The summed E-state index contributed by atoms with van der Waals surface area (Å²) in [7, 11) is 7.84. The molecule has 0 saturated carbocycles. The molecule has 1 aromatic carbocycles. The summed E-state index contributed by atoms with van der Waals surface area (Å²) in [6.45, 7) is 19.8. The number of likely N-dealkylation sites (N-methyl/N-ethyl adjacent to an activating group) is 2. The van der Waals surface area contributed by atoms with Crippen molar-refractivity contribution in [1.82, 2.24) is 30.7 Å². The minimum atomic E-state index is -0.910. The van der Waals surface area contributed by atoms with Gasteiger partial charge in [-0.3, -0.25) is 24.1 Å². The van der Waals surface area contributed by atoms with Gasteiger partial charge in [0.25, 0.3) is 0 Å². The van der Waals surface area contributed by atoms with E-state index in [-0.39, 0.29) is 54.9 Å². The van der Waals surface area contributed by atoms with Gasteiger partial charge in [-0.25, -0.2) is 9.59 Å². The number of carbonyl (C=O) groups is 6. The molecule has 1 aliphatic heterocycles. The highest BCUT2D eigenvalue weighted by Gasteiger charge is 2.43. The number of likely N-dealkylation sites (tertiary alicyclic amines) is 1. The number of hydrogen-bond acceptors (Lipinski definition) is 11. The molecule has 0 radical (unpaired) electrons. The molecule has 9 atom stereocenters. The predicted molar refractivity (Wildman–Crippen MR) is 242 cm³/mol. The Kier molecular flexibility index (Phi) is 22.5. The second-order valence-electron chi connectivity index (χ2n) is 18.7. The molecule has 16 nitrogen and oxygen atoms in total. The third-order valence-electron chi connectivity index (χ3n) is 12.1. The third-order valence-corrected chi connectivity index (χ3v) is 12.1. The van der Waals surface area contributed by atoms with Crippen molar-refractivity contribution >= 4 is 35.7 Å². The van der Waals surface area contributed by atoms with E-state index in [1.807, 2.05) is 76.8 Å². The molecule has 0 spiro atoms. The van der Waals surface area contributed by atoms with Crippen LogP contribution in [0.5, 0.6) is 0 Å². The fourth-order valence-electron chi connectivity index (χ4n) is 8.57. The largest absolute Gasteiger partial charge is 0.467 e. The van der Waals surface area contributed by atoms with E-state index in [1.165, 1.54) is 21.3 Å². The SMILES string of the molecule is CC[C@H](C)[C@@H]([C@@H](CC(=O)N1CCC[C@H]1[C@H](OC)[C@@H](C)C(=O)N[C@@H](Cc1ccccc1)C(=O)OC)OC)N(C)C(=O)[C@@H](NC(=O)[C@H](C(C)C)N(C)CCNC(=O)OC(C)(C)C)C(C)C. The van der Waals surface area contributed by atoms with Crippen molar-refractivity contribution in [2.45, 2.75) is 149 Å². The van der Waals surface area contributed by atoms with Crippen LogP contribution in [0.4, 0.5) is 4.79 Å². The van der Waals surface area contributed by atoms with Crippen LogP contribution in [0.1, 0.15) is 100 Å². The second kappa shape index (κ2) is 25.9. The summed E-state index contributed by atoms with van der Waals surface area (Å²) in [6, 6.07) is 6.02. The molecule has 0 unspecified atom stereocenters. The zero-order valence-electron chi connectivity index (χ0n) is 40.8. The third kappa shape index (κ3) is 16.3. The first-order valence-corrected chi connectivity index (χ1v) is 22.5. The normalized spacial score (nSPS) is 18.1. The van der Waals surface area contributed by atoms with Crippen molar-refractivity contribution in [2.24, 2.45) is 23.7 Å². The highest BCUT2D eigenvalue weighted by molar-refractivity contribution is 5.90. The Balaban J connectivity index is 2.26. The van der Waals surface area contributed by atoms with E-state index >= 15 is 0 Å². The van der Waals surface area contributed by atoms with Crippen molar-refractivity contribution in [1.29, 1.82) is 0 Å². The molecule has 358 valence electrons. The maximum Gasteiger partial charge on any atom is 0.407 e. The fraction of sp³-hybridized carbons (Fsp3) is 0.745. The number of alkyl carbamates (subject to hydrolysis) is 1.